The van der Waals surface area contributed by atoms with E-state index in [1.807, 2.05) is 6.07 Å². The largest absolute Gasteiger partial charge is 0.360 e. The molecule has 0 amide bonds. The minimum Gasteiger partial charge on any atom is -0.360 e. The van der Waals surface area contributed by atoms with Crippen LogP contribution in [0.5, 0.6) is 0 Å². The van der Waals surface area contributed by atoms with Gasteiger partial charge in [0.25, 0.3) is 0 Å². The van der Waals surface area contributed by atoms with Crippen LogP contribution in [-0.2, 0) is 6.54 Å². The highest BCUT2D eigenvalue weighted by Gasteiger charge is 2.22. The Hall–Kier alpha value is -0.870. The van der Waals surface area contributed by atoms with Crippen molar-refractivity contribution >= 4 is 0 Å². The SMILES string of the molecule is CC(N)C1CCN(Cc2ccno2)CC1. The Labute approximate surface area is 90.4 Å². The van der Waals surface area contributed by atoms with Crippen LogP contribution in [0, 0.1) is 5.92 Å². The van der Waals surface area contributed by atoms with E-state index in [1.165, 1.54) is 12.8 Å². The highest BCUT2D eigenvalue weighted by Crippen LogP contribution is 2.20. The van der Waals surface area contributed by atoms with Crippen LogP contribution in [0.15, 0.2) is 16.8 Å². The number of hydrogen-bond acceptors (Lipinski definition) is 4. The first-order valence-electron chi connectivity index (χ1n) is 5.63. The Bertz CT molecular complexity index is 276. The normalized spacial score (nSPS) is 21.7. The van der Waals surface area contributed by atoms with Gasteiger partial charge in [0, 0.05) is 12.1 Å². The summed E-state index contributed by atoms with van der Waals surface area (Å²) in [6.45, 7) is 5.22. The van der Waals surface area contributed by atoms with Crippen LogP contribution >= 0.6 is 0 Å². The zero-order chi connectivity index (χ0) is 10.7. The molecule has 4 nitrogen and oxygen atoms in total. The van der Waals surface area contributed by atoms with Gasteiger partial charge in [-0.1, -0.05) is 5.16 Å². The summed E-state index contributed by atoms with van der Waals surface area (Å²) in [6.07, 6.45) is 4.10. The number of hydrogen-bond donors (Lipinski definition) is 1. The van der Waals surface area contributed by atoms with E-state index in [1.54, 1.807) is 6.20 Å². The first kappa shape index (κ1) is 10.6. The molecule has 1 atom stereocenters. The highest BCUT2D eigenvalue weighted by molar-refractivity contribution is 4.93. The lowest BCUT2D eigenvalue weighted by Gasteiger charge is -2.32. The first-order valence-corrected chi connectivity index (χ1v) is 5.63. The van der Waals surface area contributed by atoms with Gasteiger partial charge in [0.05, 0.1) is 12.7 Å². The van der Waals surface area contributed by atoms with Crippen LogP contribution < -0.4 is 5.73 Å². The fourth-order valence-electron chi connectivity index (χ4n) is 2.18. The number of piperidine rings is 1. The van der Waals surface area contributed by atoms with Crippen molar-refractivity contribution in [2.24, 2.45) is 11.7 Å². The molecular formula is C11H19N3O. The molecule has 1 unspecified atom stereocenters. The molecule has 84 valence electrons. The maximum Gasteiger partial charge on any atom is 0.150 e. The van der Waals surface area contributed by atoms with E-state index in [0.29, 0.717) is 12.0 Å². The van der Waals surface area contributed by atoms with Gasteiger partial charge in [0.15, 0.2) is 5.76 Å². The van der Waals surface area contributed by atoms with Gasteiger partial charge in [-0.25, -0.2) is 0 Å². The summed E-state index contributed by atoms with van der Waals surface area (Å²) in [5.74, 6) is 1.64. The highest BCUT2D eigenvalue weighted by atomic mass is 16.5. The summed E-state index contributed by atoms with van der Waals surface area (Å²) in [7, 11) is 0. The number of aromatic nitrogens is 1. The van der Waals surface area contributed by atoms with Crippen LogP contribution in [0.2, 0.25) is 0 Å². The molecule has 0 spiro atoms. The Kier molecular flexibility index (Phi) is 3.38. The Morgan fingerprint density at radius 1 is 1.60 bits per heavy atom. The second kappa shape index (κ2) is 4.77. The smallest absolute Gasteiger partial charge is 0.150 e. The van der Waals surface area contributed by atoms with Crippen LogP contribution in [0.25, 0.3) is 0 Å². The molecule has 15 heavy (non-hydrogen) atoms. The van der Waals surface area contributed by atoms with Crippen molar-refractivity contribution in [2.45, 2.75) is 32.4 Å². The lowest BCUT2D eigenvalue weighted by atomic mass is 9.91. The van der Waals surface area contributed by atoms with Crippen LogP contribution in [-0.4, -0.2) is 29.2 Å². The molecule has 0 aliphatic carbocycles. The van der Waals surface area contributed by atoms with Gasteiger partial charge in [0.2, 0.25) is 0 Å². The maximum atomic E-state index is 5.90. The second-order valence-corrected chi connectivity index (χ2v) is 4.45. The molecule has 1 aliphatic heterocycles. The quantitative estimate of drug-likeness (QED) is 0.813. The van der Waals surface area contributed by atoms with E-state index in [9.17, 15) is 0 Å². The maximum absolute atomic E-state index is 5.90. The van der Waals surface area contributed by atoms with Crippen LogP contribution in [0.4, 0.5) is 0 Å². The number of nitrogens with two attached hydrogens (primary N) is 1. The lowest BCUT2D eigenvalue weighted by molar-refractivity contribution is 0.152. The van der Waals surface area contributed by atoms with Crippen molar-refractivity contribution in [3.05, 3.63) is 18.0 Å². The summed E-state index contributed by atoms with van der Waals surface area (Å²) in [4.78, 5) is 2.40. The molecule has 1 saturated heterocycles. The van der Waals surface area contributed by atoms with E-state index in [4.69, 9.17) is 10.3 Å². The summed E-state index contributed by atoms with van der Waals surface area (Å²) in [5, 5.41) is 3.71. The zero-order valence-corrected chi connectivity index (χ0v) is 9.22. The summed E-state index contributed by atoms with van der Waals surface area (Å²) in [5.41, 5.74) is 5.90. The minimum atomic E-state index is 0.331. The number of rotatable bonds is 3. The van der Waals surface area contributed by atoms with E-state index < -0.39 is 0 Å². The fourth-order valence-corrected chi connectivity index (χ4v) is 2.18. The Morgan fingerprint density at radius 2 is 2.33 bits per heavy atom. The van der Waals surface area contributed by atoms with Crippen molar-refractivity contribution < 1.29 is 4.52 Å². The van der Waals surface area contributed by atoms with E-state index in [0.717, 1.165) is 25.4 Å². The van der Waals surface area contributed by atoms with Crippen molar-refractivity contribution in [1.82, 2.24) is 10.1 Å². The molecular weight excluding hydrogens is 190 g/mol. The minimum absolute atomic E-state index is 0.331. The molecule has 1 aliphatic rings. The van der Waals surface area contributed by atoms with E-state index in [2.05, 4.69) is 17.0 Å². The number of likely N-dealkylation sites (tertiary alicyclic amines) is 1. The standard InChI is InChI=1S/C11H19N3O/c1-9(12)10-3-6-14(7-4-10)8-11-2-5-13-15-11/h2,5,9-10H,3-4,6-8,12H2,1H3. The van der Waals surface area contributed by atoms with Gasteiger partial charge in [-0.15, -0.1) is 0 Å². The molecule has 1 fully saturated rings. The van der Waals surface area contributed by atoms with Gasteiger partial charge in [-0.05, 0) is 38.8 Å². The van der Waals surface area contributed by atoms with Crippen molar-refractivity contribution in [3.8, 4) is 0 Å². The van der Waals surface area contributed by atoms with Crippen molar-refractivity contribution in [3.63, 3.8) is 0 Å². The summed E-state index contributed by atoms with van der Waals surface area (Å²) in [6, 6.07) is 2.26. The van der Waals surface area contributed by atoms with Gasteiger partial charge >= 0.3 is 0 Å². The molecule has 4 heteroatoms. The zero-order valence-electron chi connectivity index (χ0n) is 9.22. The van der Waals surface area contributed by atoms with Crippen molar-refractivity contribution in [1.29, 1.82) is 0 Å². The third-order valence-corrected chi connectivity index (χ3v) is 3.25. The van der Waals surface area contributed by atoms with Crippen LogP contribution in [0.1, 0.15) is 25.5 Å². The van der Waals surface area contributed by atoms with E-state index in [-0.39, 0.29) is 0 Å². The fraction of sp³-hybridized carbons (Fsp3) is 0.727. The Morgan fingerprint density at radius 3 is 2.87 bits per heavy atom. The van der Waals surface area contributed by atoms with Gasteiger partial charge in [-0.2, -0.15) is 0 Å². The summed E-state index contributed by atoms with van der Waals surface area (Å²) < 4.78 is 5.09. The first-order chi connectivity index (χ1) is 7.25. The molecule has 2 heterocycles. The molecule has 0 bridgehead atoms. The number of nitrogens with zero attached hydrogens (tertiary/aromatic N) is 2. The summed E-state index contributed by atoms with van der Waals surface area (Å²) >= 11 is 0. The van der Waals surface area contributed by atoms with Gasteiger partial charge in [0.1, 0.15) is 0 Å². The third-order valence-electron chi connectivity index (χ3n) is 3.25. The average molecular weight is 209 g/mol. The van der Waals surface area contributed by atoms with E-state index >= 15 is 0 Å². The molecule has 0 radical (unpaired) electrons. The monoisotopic (exact) mass is 209 g/mol. The Balaban J connectivity index is 1.79. The molecule has 0 aromatic carbocycles. The lowest BCUT2D eigenvalue weighted by Crippen LogP contribution is -2.39. The predicted molar refractivity (Wildman–Crippen MR) is 58.2 cm³/mol. The van der Waals surface area contributed by atoms with Gasteiger partial charge < -0.3 is 10.3 Å². The topological polar surface area (TPSA) is 55.3 Å². The molecule has 2 rings (SSSR count). The molecule has 1 aromatic heterocycles. The van der Waals surface area contributed by atoms with Crippen molar-refractivity contribution in [2.75, 3.05) is 13.1 Å². The predicted octanol–water partition coefficient (Wildman–Crippen LogP) is 1.23. The molecule has 2 N–H and O–H groups in total. The van der Waals surface area contributed by atoms with Crippen LogP contribution in [0.3, 0.4) is 0 Å². The van der Waals surface area contributed by atoms with Gasteiger partial charge in [-0.3, -0.25) is 4.90 Å². The third kappa shape index (κ3) is 2.79. The molecule has 0 saturated carbocycles. The molecule has 1 aromatic rings. The second-order valence-electron chi connectivity index (χ2n) is 4.45. The average Bonchev–Trinajstić information content (AvgIpc) is 2.71.